The summed E-state index contributed by atoms with van der Waals surface area (Å²) in [7, 11) is 16.3. The summed E-state index contributed by atoms with van der Waals surface area (Å²) >= 11 is 0. The molecule has 0 saturated carbocycles. The zero-order chi connectivity index (χ0) is 14.4. The molecule has 112 valence electrons. The Balaban J connectivity index is 2.59. The first-order chi connectivity index (χ1) is 8.90. The Labute approximate surface area is 125 Å². The maximum absolute atomic E-state index is 4.80. The fourth-order valence-corrected chi connectivity index (χ4v) is 4.10. The summed E-state index contributed by atoms with van der Waals surface area (Å²) in [5.41, 5.74) is 0.251. The van der Waals surface area contributed by atoms with Gasteiger partial charge >= 0.3 is 0 Å². The van der Waals surface area contributed by atoms with Crippen molar-refractivity contribution in [1.82, 2.24) is 19.6 Å². The van der Waals surface area contributed by atoms with E-state index >= 15 is 0 Å². The topological polar surface area (TPSA) is 25.3 Å². The molecule has 0 saturated heterocycles. The quantitative estimate of drug-likeness (QED) is 0.651. The molecule has 0 aromatic carbocycles. The molecule has 0 aromatic heterocycles. The lowest BCUT2D eigenvalue weighted by Gasteiger charge is -2.26. The van der Waals surface area contributed by atoms with Gasteiger partial charge in [0.1, 0.15) is 0 Å². The van der Waals surface area contributed by atoms with Gasteiger partial charge in [0.05, 0.1) is 0 Å². The molecule has 0 spiro atoms. The lowest BCUT2D eigenvalue weighted by molar-refractivity contribution is 0.297. The lowest BCUT2D eigenvalue weighted by atomic mass is 10.4. The Hall–Kier alpha value is 0.0500. The van der Waals surface area contributed by atoms with Crippen LogP contribution in [0.15, 0.2) is 4.99 Å². The summed E-state index contributed by atoms with van der Waals surface area (Å²) in [5.74, 6) is 0. The van der Waals surface area contributed by atoms with Crippen molar-refractivity contribution in [2.75, 3.05) is 68.5 Å². The number of nitrogens with zero attached hydrogens (tertiary/aromatic N) is 5. The van der Waals surface area contributed by atoms with Gasteiger partial charge in [-0.15, -0.1) is 0 Å². The van der Waals surface area contributed by atoms with Crippen molar-refractivity contribution in [3.8, 4) is 0 Å². The van der Waals surface area contributed by atoms with Gasteiger partial charge in [0.15, 0.2) is 10.7 Å². The minimum atomic E-state index is 0.251. The van der Waals surface area contributed by atoms with Gasteiger partial charge in [-0.05, 0) is 63.9 Å². The van der Waals surface area contributed by atoms with Gasteiger partial charge in [-0.25, -0.2) is 4.99 Å². The first-order valence-corrected chi connectivity index (χ1v) is 8.73. The molecule has 0 N–H and O–H groups in total. The maximum atomic E-state index is 4.80. The van der Waals surface area contributed by atoms with Crippen LogP contribution in [0.5, 0.6) is 0 Å². The molecule has 1 unspecified atom stereocenters. The van der Waals surface area contributed by atoms with E-state index in [4.69, 9.17) is 4.99 Å². The van der Waals surface area contributed by atoms with Gasteiger partial charge in [0, 0.05) is 26.2 Å². The third-order valence-electron chi connectivity index (χ3n) is 2.78. The number of aliphatic imine (C=N–C) groups is 1. The number of rotatable bonds is 7. The molecule has 1 heterocycles. The van der Waals surface area contributed by atoms with Crippen molar-refractivity contribution in [2.24, 2.45) is 4.99 Å². The molecular weight excluding hydrogens is 278 g/mol. The smallest absolute Gasteiger partial charge is 0.172 e. The SMILES string of the molecule is CN(C)CCN(CCN(C)C)C1=NC(N(C)C)SS1. The summed E-state index contributed by atoms with van der Waals surface area (Å²) in [6, 6.07) is 0. The van der Waals surface area contributed by atoms with Crippen LogP contribution in [0.2, 0.25) is 0 Å². The Kier molecular flexibility index (Phi) is 7.53. The molecule has 0 fully saturated rings. The lowest BCUT2D eigenvalue weighted by Crippen LogP contribution is -2.39. The average molecular weight is 306 g/mol. The van der Waals surface area contributed by atoms with Crippen LogP contribution in [0.25, 0.3) is 0 Å². The molecule has 1 aliphatic heterocycles. The maximum Gasteiger partial charge on any atom is 0.172 e. The van der Waals surface area contributed by atoms with E-state index in [0.29, 0.717) is 0 Å². The first-order valence-electron chi connectivity index (χ1n) is 6.52. The van der Waals surface area contributed by atoms with Crippen LogP contribution in [0, 0.1) is 0 Å². The van der Waals surface area contributed by atoms with Crippen molar-refractivity contribution in [3.05, 3.63) is 0 Å². The van der Waals surface area contributed by atoms with Gasteiger partial charge in [-0.2, -0.15) is 0 Å². The Morgan fingerprint density at radius 2 is 1.42 bits per heavy atom. The minimum Gasteiger partial charge on any atom is -0.348 e. The standard InChI is InChI=1S/C12H27N5S2/c1-14(2)7-9-17(10-8-15(3)4)12-13-11(16(5)6)18-19-12/h11H,7-10H2,1-6H3. The first kappa shape index (κ1) is 17.1. The third-order valence-corrected chi connectivity index (χ3v) is 5.34. The monoisotopic (exact) mass is 305 g/mol. The van der Waals surface area contributed by atoms with Gasteiger partial charge in [-0.3, -0.25) is 4.90 Å². The molecule has 0 aromatic rings. The Bertz CT molecular complexity index is 282. The van der Waals surface area contributed by atoms with Crippen LogP contribution in [-0.4, -0.2) is 98.7 Å². The predicted molar refractivity (Wildman–Crippen MR) is 88.8 cm³/mol. The third kappa shape index (κ3) is 6.35. The van der Waals surface area contributed by atoms with Crippen molar-refractivity contribution in [2.45, 2.75) is 5.50 Å². The molecule has 1 rings (SSSR count). The number of likely N-dealkylation sites (N-methyl/N-ethyl adjacent to an activating group) is 2. The summed E-state index contributed by atoms with van der Waals surface area (Å²) in [4.78, 5) is 13.8. The van der Waals surface area contributed by atoms with Crippen molar-refractivity contribution < 1.29 is 0 Å². The van der Waals surface area contributed by atoms with Crippen molar-refractivity contribution in [1.29, 1.82) is 0 Å². The minimum absolute atomic E-state index is 0.251. The highest BCUT2D eigenvalue weighted by molar-refractivity contribution is 8.82. The van der Waals surface area contributed by atoms with E-state index < -0.39 is 0 Å². The van der Waals surface area contributed by atoms with Crippen LogP contribution in [0.1, 0.15) is 0 Å². The highest BCUT2D eigenvalue weighted by atomic mass is 33.1. The predicted octanol–water partition coefficient (Wildman–Crippen LogP) is 1.01. The molecule has 5 nitrogen and oxygen atoms in total. The van der Waals surface area contributed by atoms with E-state index in [1.165, 1.54) is 5.17 Å². The van der Waals surface area contributed by atoms with Crippen molar-refractivity contribution in [3.63, 3.8) is 0 Å². The fraction of sp³-hybridized carbons (Fsp3) is 0.917. The summed E-state index contributed by atoms with van der Waals surface area (Å²) in [6.07, 6.45) is 0. The second-order valence-corrected chi connectivity index (χ2v) is 7.70. The van der Waals surface area contributed by atoms with Crippen LogP contribution in [-0.2, 0) is 0 Å². The van der Waals surface area contributed by atoms with Crippen LogP contribution >= 0.6 is 21.6 Å². The highest BCUT2D eigenvalue weighted by Crippen LogP contribution is 2.38. The average Bonchev–Trinajstić information content (AvgIpc) is 2.77. The Morgan fingerprint density at radius 1 is 0.895 bits per heavy atom. The van der Waals surface area contributed by atoms with Gasteiger partial charge in [0.25, 0.3) is 0 Å². The number of amidine groups is 1. The molecule has 0 amide bonds. The second kappa shape index (κ2) is 8.36. The molecule has 0 radical (unpaired) electrons. The molecule has 19 heavy (non-hydrogen) atoms. The molecular formula is C12H27N5S2. The number of hydrogen-bond donors (Lipinski definition) is 0. The van der Waals surface area contributed by atoms with Crippen molar-refractivity contribution >= 4 is 26.8 Å². The number of hydrogen-bond acceptors (Lipinski definition) is 7. The van der Waals surface area contributed by atoms with E-state index in [1.54, 1.807) is 10.8 Å². The summed E-state index contributed by atoms with van der Waals surface area (Å²) in [5, 5.41) is 1.17. The molecule has 1 aliphatic rings. The largest absolute Gasteiger partial charge is 0.348 e. The molecule has 7 heteroatoms. The van der Waals surface area contributed by atoms with E-state index in [1.807, 2.05) is 10.8 Å². The van der Waals surface area contributed by atoms with Crippen LogP contribution < -0.4 is 0 Å². The zero-order valence-electron chi connectivity index (χ0n) is 13.0. The van der Waals surface area contributed by atoms with Crippen LogP contribution in [0.4, 0.5) is 0 Å². The van der Waals surface area contributed by atoms with Gasteiger partial charge in [-0.1, -0.05) is 0 Å². The van der Waals surface area contributed by atoms with E-state index in [0.717, 1.165) is 26.2 Å². The fourth-order valence-electron chi connectivity index (χ4n) is 1.50. The molecule has 0 bridgehead atoms. The summed E-state index contributed by atoms with van der Waals surface area (Å²) < 4.78 is 0. The van der Waals surface area contributed by atoms with Gasteiger partial charge < -0.3 is 14.7 Å². The highest BCUT2D eigenvalue weighted by Gasteiger charge is 2.24. The zero-order valence-corrected chi connectivity index (χ0v) is 14.6. The van der Waals surface area contributed by atoms with E-state index in [-0.39, 0.29) is 5.50 Å². The molecule has 0 aliphatic carbocycles. The second-order valence-electron chi connectivity index (χ2n) is 5.47. The van der Waals surface area contributed by atoms with Gasteiger partial charge in [0.2, 0.25) is 0 Å². The van der Waals surface area contributed by atoms with E-state index in [9.17, 15) is 0 Å². The summed E-state index contributed by atoms with van der Waals surface area (Å²) in [6.45, 7) is 4.19. The van der Waals surface area contributed by atoms with E-state index in [2.05, 4.69) is 61.9 Å². The molecule has 1 atom stereocenters. The Morgan fingerprint density at radius 3 is 1.79 bits per heavy atom. The van der Waals surface area contributed by atoms with Crippen LogP contribution in [0.3, 0.4) is 0 Å². The normalized spacial score (nSPS) is 19.6.